The Labute approximate surface area is 107 Å². The summed E-state index contributed by atoms with van der Waals surface area (Å²) >= 11 is 5.87. The molecule has 1 aromatic heterocycles. The van der Waals surface area contributed by atoms with E-state index in [-0.39, 0.29) is 0 Å². The minimum Gasteiger partial charge on any atom is -0.357 e. The Morgan fingerprint density at radius 2 is 1.94 bits per heavy atom. The molecule has 1 N–H and O–H groups in total. The van der Waals surface area contributed by atoms with E-state index < -0.39 is 0 Å². The second-order valence-electron chi connectivity index (χ2n) is 4.34. The molecule has 0 aliphatic rings. The third kappa shape index (κ3) is 3.35. The average molecular weight is 249 g/mol. The second-order valence-corrected chi connectivity index (χ2v) is 4.78. The van der Waals surface area contributed by atoms with E-state index >= 15 is 0 Å². The molecule has 17 heavy (non-hydrogen) atoms. The summed E-state index contributed by atoms with van der Waals surface area (Å²) in [6, 6.07) is 10.4. The molecule has 0 amide bonds. The maximum Gasteiger partial charge on any atom is 0.0406 e. The highest BCUT2D eigenvalue weighted by Gasteiger charge is 2.04. The molecule has 1 atom stereocenters. The standard InChI is InChI=1S/C14H17ClN2/c1-11(13-3-5-14(15)6-4-13)16-9-12-7-8-17(2)10-12/h3-8,10-11,16H,9H2,1-2H3. The Bertz CT molecular complexity index is 473. The van der Waals surface area contributed by atoms with Gasteiger partial charge in [-0.25, -0.2) is 0 Å². The molecule has 90 valence electrons. The summed E-state index contributed by atoms with van der Waals surface area (Å²) in [5.74, 6) is 0. The van der Waals surface area contributed by atoms with Crippen LogP contribution in [0.1, 0.15) is 24.1 Å². The zero-order valence-corrected chi connectivity index (χ0v) is 10.9. The van der Waals surface area contributed by atoms with Gasteiger partial charge in [-0.2, -0.15) is 0 Å². The Kier molecular flexibility index (Phi) is 3.87. The first-order chi connectivity index (χ1) is 8.15. The number of hydrogen-bond acceptors (Lipinski definition) is 1. The van der Waals surface area contributed by atoms with Crippen LogP contribution < -0.4 is 5.32 Å². The quantitative estimate of drug-likeness (QED) is 0.876. The smallest absolute Gasteiger partial charge is 0.0406 e. The van der Waals surface area contributed by atoms with Crippen molar-refractivity contribution in [3.63, 3.8) is 0 Å². The molecule has 0 fully saturated rings. The van der Waals surface area contributed by atoms with Gasteiger partial charge >= 0.3 is 0 Å². The van der Waals surface area contributed by atoms with E-state index in [1.807, 2.05) is 19.2 Å². The molecular weight excluding hydrogens is 232 g/mol. The van der Waals surface area contributed by atoms with Crippen molar-refractivity contribution in [2.24, 2.45) is 7.05 Å². The maximum absolute atomic E-state index is 5.87. The fourth-order valence-electron chi connectivity index (χ4n) is 1.81. The third-order valence-corrected chi connectivity index (χ3v) is 3.13. The molecule has 0 bridgehead atoms. The van der Waals surface area contributed by atoms with Gasteiger partial charge in [0.25, 0.3) is 0 Å². The predicted molar refractivity (Wildman–Crippen MR) is 72.1 cm³/mol. The molecule has 3 heteroatoms. The molecule has 2 aromatic rings. The van der Waals surface area contributed by atoms with Crippen molar-refractivity contribution < 1.29 is 0 Å². The van der Waals surface area contributed by atoms with Crippen LogP contribution in [-0.2, 0) is 13.6 Å². The van der Waals surface area contributed by atoms with E-state index in [9.17, 15) is 0 Å². The lowest BCUT2D eigenvalue weighted by molar-refractivity contribution is 0.574. The molecule has 2 nitrogen and oxygen atoms in total. The van der Waals surface area contributed by atoms with Gasteiger partial charge in [0.15, 0.2) is 0 Å². The van der Waals surface area contributed by atoms with E-state index in [1.165, 1.54) is 11.1 Å². The Morgan fingerprint density at radius 1 is 1.24 bits per heavy atom. The van der Waals surface area contributed by atoms with Crippen LogP contribution in [0.25, 0.3) is 0 Å². The monoisotopic (exact) mass is 248 g/mol. The largest absolute Gasteiger partial charge is 0.357 e. The normalized spacial score (nSPS) is 12.6. The fourth-order valence-corrected chi connectivity index (χ4v) is 1.93. The van der Waals surface area contributed by atoms with E-state index in [2.05, 4.69) is 47.4 Å². The fraction of sp³-hybridized carbons (Fsp3) is 0.286. The van der Waals surface area contributed by atoms with Crippen molar-refractivity contribution >= 4 is 11.6 Å². The topological polar surface area (TPSA) is 17.0 Å². The van der Waals surface area contributed by atoms with Crippen molar-refractivity contribution in [1.82, 2.24) is 9.88 Å². The summed E-state index contributed by atoms with van der Waals surface area (Å²) < 4.78 is 2.06. The van der Waals surface area contributed by atoms with Crippen molar-refractivity contribution in [3.05, 3.63) is 58.9 Å². The Morgan fingerprint density at radius 3 is 2.53 bits per heavy atom. The predicted octanol–water partition coefficient (Wildman–Crippen LogP) is 3.53. The first-order valence-corrected chi connectivity index (χ1v) is 6.12. The van der Waals surface area contributed by atoms with Crippen LogP contribution in [0.2, 0.25) is 5.02 Å². The summed E-state index contributed by atoms with van der Waals surface area (Å²) in [5.41, 5.74) is 2.55. The lowest BCUT2D eigenvalue weighted by atomic mass is 10.1. The molecular formula is C14H17ClN2. The number of benzene rings is 1. The highest BCUT2D eigenvalue weighted by Crippen LogP contribution is 2.16. The number of aryl methyl sites for hydroxylation is 1. The van der Waals surface area contributed by atoms with Crippen molar-refractivity contribution in [1.29, 1.82) is 0 Å². The number of aromatic nitrogens is 1. The summed E-state index contributed by atoms with van der Waals surface area (Å²) in [5, 5.41) is 4.27. The van der Waals surface area contributed by atoms with E-state index in [1.54, 1.807) is 0 Å². The van der Waals surface area contributed by atoms with Crippen molar-refractivity contribution in [2.45, 2.75) is 19.5 Å². The maximum atomic E-state index is 5.87. The first kappa shape index (κ1) is 12.2. The molecule has 1 unspecified atom stereocenters. The number of halogens is 1. The highest BCUT2D eigenvalue weighted by molar-refractivity contribution is 6.30. The molecule has 0 spiro atoms. The van der Waals surface area contributed by atoms with Crippen molar-refractivity contribution in [2.75, 3.05) is 0 Å². The third-order valence-electron chi connectivity index (χ3n) is 2.88. The van der Waals surface area contributed by atoms with Crippen LogP contribution in [0.3, 0.4) is 0 Å². The van der Waals surface area contributed by atoms with Gasteiger partial charge in [-0.05, 0) is 36.2 Å². The lowest BCUT2D eigenvalue weighted by Gasteiger charge is -2.13. The molecule has 0 aliphatic carbocycles. The minimum atomic E-state index is 0.326. The highest BCUT2D eigenvalue weighted by atomic mass is 35.5. The lowest BCUT2D eigenvalue weighted by Crippen LogP contribution is -2.17. The van der Waals surface area contributed by atoms with Gasteiger partial charge in [-0.15, -0.1) is 0 Å². The van der Waals surface area contributed by atoms with E-state index in [4.69, 9.17) is 11.6 Å². The first-order valence-electron chi connectivity index (χ1n) is 5.75. The molecule has 0 saturated carbocycles. The zero-order chi connectivity index (χ0) is 12.3. The zero-order valence-electron chi connectivity index (χ0n) is 10.2. The summed E-state index contributed by atoms with van der Waals surface area (Å²) in [6.45, 7) is 3.04. The van der Waals surface area contributed by atoms with Gasteiger partial charge in [-0.3, -0.25) is 0 Å². The summed E-state index contributed by atoms with van der Waals surface area (Å²) in [6.07, 6.45) is 4.19. The Balaban J connectivity index is 1.93. The van der Waals surface area contributed by atoms with E-state index in [0.717, 1.165) is 11.6 Å². The molecule has 0 radical (unpaired) electrons. The van der Waals surface area contributed by atoms with Crippen LogP contribution in [0, 0.1) is 0 Å². The van der Waals surface area contributed by atoms with Crippen LogP contribution in [0.15, 0.2) is 42.7 Å². The van der Waals surface area contributed by atoms with Crippen molar-refractivity contribution in [3.8, 4) is 0 Å². The van der Waals surface area contributed by atoms with Crippen LogP contribution in [-0.4, -0.2) is 4.57 Å². The minimum absolute atomic E-state index is 0.326. The summed E-state index contributed by atoms with van der Waals surface area (Å²) in [7, 11) is 2.03. The average Bonchev–Trinajstić information content (AvgIpc) is 2.73. The van der Waals surface area contributed by atoms with Crippen LogP contribution in [0.5, 0.6) is 0 Å². The Hall–Kier alpha value is -1.25. The van der Waals surface area contributed by atoms with E-state index in [0.29, 0.717) is 6.04 Å². The van der Waals surface area contributed by atoms with Gasteiger partial charge in [0.05, 0.1) is 0 Å². The van der Waals surface area contributed by atoms with Gasteiger partial charge in [0, 0.05) is 37.1 Å². The summed E-state index contributed by atoms with van der Waals surface area (Å²) in [4.78, 5) is 0. The number of nitrogens with zero attached hydrogens (tertiary/aromatic N) is 1. The van der Waals surface area contributed by atoms with Crippen LogP contribution in [0.4, 0.5) is 0 Å². The molecule has 0 saturated heterocycles. The molecule has 1 aromatic carbocycles. The number of rotatable bonds is 4. The number of nitrogens with one attached hydrogen (secondary N) is 1. The van der Waals surface area contributed by atoms with Gasteiger partial charge in [0.2, 0.25) is 0 Å². The van der Waals surface area contributed by atoms with Gasteiger partial charge < -0.3 is 9.88 Å². The molecule has 2 rings (SSSR count). The number of hydrogen-bond donors (Lipinski definition) is 1. The molecule has 1 heterocycles. The van der Waals surface area contributed by atoms with Gasteiger partial charge in [-0.1, -0.05) is 23.7 Å². The second kappa shape index (κ2) is 5.39. The van der Waals surface area contributed by atoms with Gasteiger partial charge in [0.1, 0.15) is 0 Å². The SMILES string of the molecule is CC(NCc1ccn(C)c1)c1ccc(Cl)cc1. The van der Waals surface area contributed by atoms with Crippen LogP contribution >= 0.6 is 11.6 Å². The molecule has 0 aliphatic heterocycles.